The molecule has 0 aliphatic carbocycles. The molecule has 0 saturated carbocycles. The molecule has 25 heavy (non-hydrogen) atoms. The highest BCUT2D eigenvalue weighted by atomic mass is 35.5. The Morgan fingerprint density at radius 3 is 2.64 bits per heavy atom. The zero-order chi connectivity index (χ0) is 17.8. The van der Waals surface area contributed by atoms with E-state index >= 15 is 0 Å². The van der Waals surface area contributed by atoms with Crippen molar-refractivity contribution in [3.8, 4) is 11.4 Å². The van der Waals surface area contributed by atoms with Crippen LogP contribution in [-0.2, 0) is 4.79 Å². The molecular weight excluding hydrogens is 383 g/mol. The summed E-state index contributed by atoms with van der Waals surface area (Å²) >= 11 is 12.9. The van der Waals surface area contributed by atoms with Crippen molar-refractivity contribution in [2.75, 3.05) is 16.9 Å². The maximum atomic E-state index is 12.1. The van der Waals surface area contributed by atoms with Gasteiger partial charge in [-0.1, -0.05) is 35.0 Å². The van der Waals surface area contributed by atoms with Crippen LogP contribution in [0.25, 0.3) is 11.4 Å². The molecule has 0 bridgehead atoms. The second kappa shape index (κ2) is 7.73. The highest BCUT2D eigenvalue weighted by Crippen LogP contribution is 2.25. The van der Waals surface area contributed by atoms with Crippen molar-refractivity contribution >= 4 is 46.6 Å². The third-order valence-corrected chi connectivity index (χ3v) is 4.82. The molecule has 3 N–H and O–H groups in total. The van der Waals surface area contributed by atoms with Crippen LogP contribution < -0.4 is 11.2 Å². The van der Waals surface area contributed by atoms with Crippen molar-refractivity contribution in [1.29, 1.82) is 0 Å². The van der Waals surface area contributed by atoms with Crippen molar-refractivity contribution in [1.82, 2.24) is 19.9 Å². The molecule has 7 nitrogen and oxygen atoms in total. The smallest absolute Gasteiger partial charge is 0.234 e. The van der Waals surface area contributed by atoms with Gasteiger partial charge in [0.2, 0.25) is 11.1 Å². The highest BCUT2D eigenvalue weighted by Gasteiger charge is 2.14. The first-order valence-electron chi connectivity index (χ1n) is 7.03. The number of nitrogens with two attached hydrogens (primary N) is 1. The largest absolute Gasteiger partial charge is 0.335 e. The van der Waals surface area contributed by atoms with Gasteiger partial charge in [0.15, 0.2) is 5.82 Å². The van der Waals surface area contributed by atoms with E-state index in [9.17, 15) is 4.79 Å². The quantitative estimate of drug-likeness (QED) is 0.509. The zero-order valence-electron chi connectivity index (χ0n) is 12.7. The van der Waals surface area contributed by atoms with Gasteiger partial charge in [-0.2, -0.15) is 0 Å². The van der Waals surface area contributed by atoms with Gasteiger partial charge in [0, 0.05) is 23.6 Å². The maximum absolute atomic E-state index is 12.1. The summed E-state index contributed by atoms with van der Waals surface area (Å²) in [6.07, 6.45) is 3.28. The maximum Gasteiger partial charge on any atom is 0.234 e. The lowest BCUT2D eigenvalue weighted by Crippen LogP contribution is -2.16. The predicted molar refractivity (Wildman–Crippen MR) is 99.2 cm³/mol. The van der Waals surface area contributed by atoms with Crippen LogP contribution in [0.2, 0.25) is 10.0 Å². The van der Waals surface area contributed by atoms with Crippen molar-refractivity contribution in [2.45, 2.75) is 5.16 Å². The number of pyridine rings is 1. The minimum Gasteiger partial charge on any atom is -0.335 e. The third kappa shape index (κ3) is 4.22. The molecule has 1 aromatic carbocycles. The van der Waals surface area contributed by atoms with Gasteiger partial charge in [-0.05, 0) is 30.3 Å². The van der Waals surface area contributed by atoms with Crippen LogP contribution in [0.4, 0.5) is 5.69 Å². The minimum atomic E-state index is -0.225. The highest BCUT2D eigenvalue weighted by molar-refractivity contribution is 7.99. The number of hydrogen-bond donors (Lipinski definition) is 2. The van der Waals surface area contributed by atoms with Gasteiger partial charge in [0.25, 0.3) is 0 Å². The number of nitrogens with one attached hydrogen (secondary N) is 1. The fourth-order valence-corrected chi connectivity index (χ4v) is 2.93. The van der Waals surface area contributed by atoms with E-state index in [1.54, 1.807) is 42.7 Å². The molecule has 0 atom stereocenters. The molecule has 2 aromatic heterocycles. The van der Waals surface area contributed by atoms with Crippen LogP contribution in [0.1, 0.15) is 0 Å². The number of nitrogens with zero attached hydrogens (tertiary/aromatic N) is 4. The summed E-state index contributed by atoms with van der Waals surface area (Å²) in [6.45, 7) is 0. The Hall–Kier alpha value is -2.29. The molecule has 10 heteroatoms. The number of halogens is 2. The molecule has 0 saturated heterocycles. The van der Waals surface area contributed by atoms with Gasteiger partial charge >= 0.3 is 0 Å². The van der Waals surface area contributed by atoms with E-state index in [4.69, 9.17) is 29.0 Å². The second-order valence-electron chi connectivity index (χ2n) is 4.88. The van der Waals surface area contributed by atoms with Crippen LogP contribution in [0, 0.1) is 0 Å². The summed E-state index contributed by atoms with van der Waals surface area (Å²) < 4.78 is 1.34. The van der Waals surface area contributed by atoms with Gasteiger partial charge in [-0.3, -0.25) is 9.78 Å². The van der Waals surface area contributed by atoms with Crippen LogP contribution >= 0.6 is 35.0 Å². The summed E-state index contributed by atoms with van der Waals surface area (Å²) in [5.41, 5.74) is 1.35. The normalized spacial score (nSPS) is 10.6. The average Bonchev–Trinajstić information content (AvgIpc) is 2.98. The van der Waals surface area contributed by atoms with Crippen LogP contribution in [-0.4, -0.2) is 31.5 Å². The Morgan fingerprint density at radius 1 is 1.16 bits per heavy atom. The van der Waals surface area contributed by atoms with E-state index < -0.39 is 0 Å². The molecule has 3 aromatic rings. The number of benzene rings is 1. The number of rotatable bonds is 5. The van der Waals surface area contributed by atoms with E-state index in [1.165, 1.54) is 16.4 Å². The number of thioether (sulfide) groups is 1. The van der Waals surface area contributed by atoms with E-state index in [-0.39, 0.29) is 11.7 Å². The number of amides is 1. The number of anilines is 1. The first-order chi connectivity index (χ1) is 12.0. The predicted octanol–water partition coefficient (Wildman–Crippen LogP) is 3.09. The summed E-state index contributed by atoms with van der Waals surface area (Å²) in [4.78, 5) is 16.0. The van der Waals surface area contributed by atoms with Crippen molar-refractivity contribution < 1.29 is 4.79 Å². The molecule has 128 valence electrons. The zero-order valence-corrected chi connectivity index (χ0v) is 15.0. The lowest BCUT2D eigenvalue weighted by atomic mass is 10.2. The Labute approximate surface area is 157 Å². The molecular formula is C15H12Cl2N6OS. The second-order valence-corrected chi connectivity index (χ2v) is 6.63. The molecule has 0 aliphatic heterocycles. The SMILES string of the molecule is Nn1c(SCC(=O)Nc2ccc(Cl)c(Cl)c2)nnc1-c1ccncc1. The van der Waals surface area contributed by atoms with Gasteiger partial charge in [-0.25, -0.2) is 4.68 Å². The van der Waals surface area contributed by atoms with E-state index in [2.05, 4.69) is 20.5 Å². The number of aromatic nitrogens is 4. The Balaban J connectivity index is 1.63. The Kier molecular flexibility index (Phi) is 5.42. The van der Waals surface area contributed by atoms with Crippen molar-refractivity contribution in [3.05, 3.63) is 52.8 Å². The van der Waals surface area contributed by atoms with Crippen LogP contribution in [0.3, 0.4) is 0 Å². The Morgan fingerprint density at radius 2 is 1.92 bits per heavy atom. The first kappa shape index (κ1) is 17.5. The summed E-state index contributed by atoms with van der Waals surface area (Å²) in [5.74, 6) is 6.38. The van der Waals surface area contributed by atoms with Gasteiger partial charge in [0.05, 0.1) is 15.8 Å². The lowest BCUT2D eigenvalue weighted by molar-refractivity contribution is -0.113. The number of hydrogen-bond acceptors (Lipinski definition) is 6. The topological polar surface area (TPSA) is 98.7 Å². The van der Waals surface area contributed by atoms with Gasteiger partial charge in [-0.15, -0.1) is 10.2 Å². The molecule has 3 rings (SSSR count). The standard InChI is InChI=1S/C15H12Cl2N6OS/c16-11-2-1-10(7-12(11)17)20-13(24)8-25-15-22-21-14(23(15)18)9-3-5-19-6-4-9/h1-7H,8,18H2,(H,20,24). The summed E-state index contributed by atoms with van der Waals surface area (Å²) in [6, 6.07) is 8.42. The summed E-state index contributed by atoms with van der Waals surface area (Å²) in [7, 11) is 0. The number of carbonyl (C=O) groups is 1. The average molecular weight is 395 g/mol. The monoisotopic (exact) mass is 394 g/mol. The lowest BCUT2D eigenvalue weighted by Gasteiger charge is -2.06. The fraction of sp³-hybridized carbons (Fsp3) is 0.0667. The minimum absolute atomic E-state index is 0.117. The van der Waals surface area contributed by atoms with E-state index in [0.29, 0.717) is 26.7 Å². The first-order valence-corrected chi connectivity index (χ1v) is 8.77. The third-order valence-electron chi connectivity index (χ3n) is 3.14. The van der Waals surface area contributed by atoms with E-state index in [0.717, 1.165) is 5.56 Å². The van der Waals surface area contributed by atoms with Gasteiger partial charge < -0.3 is 11.2 Å². The molecule has 2 heterocycles. The molecule has 0 radical (unpaired) electrons. The molecule has 1 amide bonds. The summed E-state index contributed by atoms with van der Waals surface area (Å²) in [5, 5.41) is 12.0. The number of nitrogen functional groups attached to an aromatic ring is 1. The molecule has 0 fully saturated rings. The van der Waals surface area contributed by atoms with E-state index in [1.807, 2.05) is 0 Å². The molecule has 0 aliphatic rings. The van der Waals surface area contributed by atoms with Crippen molar-refractivity contribution in [3.63, 3.8) is 0 Å². The molecule has 0 unspecified atom stereocenters. The van der Waals surface area contributed by atoms with Crippen LogP contribution in [0.5, 0.6) is 0 Å². The fourth-order valence-electron chi connectivity index (χ4n) is 1.97. The Bertz CT molecular complexity index is 902. The van der Waals surface area contributed by atoms with Crippen molar-refractivity contribution in [2.24, 2.45) is 0 Å². The molecule has 0 spiro atoms. The van der Waals surface area contributed by atoms with Crippen LogP contribution in [0.15, 0.2) is 47.9 Å². The van der Waals surface area contributed by atoms with Gasteiger partial charge in [0.1, 0.15) is 0 Å². The number of carbonyl (C=O) groups excluding carboxylic acids is 1.